The average molecular weight is 536 g/mol. The maximum Gasteiger partial charge on any atom is 0.416 e. The number of para-hydroxylation sites is 1. The van der Waals surface area contributed by atoms with Crippen LogP contribution in [-0.2, 0) is 22.3 Å². The summed E-state index contributed by atoms with van der Waals surface area (Å²) in [4.78, 5) is 31.8. The van der Waals surface area contributed by atoms with Crippen molar-refractivity contribution in [2.24, 2.45) is 4.99 Å². The summed E-state index contributed by atoms with van der Waals surface area (Å²) in [5.74, 6) is -1.49. The molecule has 3 aromatic rings. The van der Waals surface area contributed by atoms with E-state index < -0.39 is 34.6 Å². The van der Waals surface area contributed by atoms with Crippen LogP contribution in [-0.4, -0.2) is 27.1 Å². The molecule has 0 aromatic heterocycles. The summed E-state index contributed by atoms with van der Waals surface area (Å²) in [6, 6.07) is 17.1. The molecule has 1 heterocycles. The van der Waals surface area contributed by atoms with Crippen LogP contribution in [0.15, 0.2) is 77.8 Å². The second-order valence-corrected chi connectivity index (χ2v) is 9.41. The second kappa shape index (κ2) is 10.7. The first kappa shape index (κ1) is 25.7. The first-order valence-electron chi connectivity index (χ1n) is 10.6. The Hall–Kier alpha value is -3.37. The van der Waals surface area contributed by atoms with Gasteiger partial charge in [-0.25, -0.2) is 9.38 Å². The molecule has 4 rings (SSSR count). The molecule has 0 spiro atoms. The number of carbonyl (C=O) groups is 2. The Labute approximate surface area is 213 Å². The molecule has 0 aliphatic carbocycles. The predicted molar refractivity (Wildman–Crippen MR) is 132 cm³/mol. The molecule has 1 saturated heterocycles. The molecule has 186 valence electrons. The standard InChI is InChI=1S/C25H18ClF4N3O2S/c26-19-11-8-16(25(28,29)30)12-20(19)32-22(34)13-21-23(35)33(14-15-6-9-17(27)10-7-15)24(36-21)31-18-4-2-1-3-5-18/h1-12,21H,13-14H2,(H,32,34). The lowest BCUT2D eigenvalue weighted by Crippen LogP contribution is -2.33. The van der Waals surface area contributed by atoms with Gasteiger partial charge in [-0.2, -0.15) is 13.2 Å². The van der Waals surface area contributed by atoms with Gasteiger partial charge in [0.2, 0.25) is 11.8 Å². The number of hydrogen-bond acceptors (Lipinski definition) is 4. The number of nitrogens with zero attached hydrogens (tertiary/aromatic N) is 2. The molecule has 11 heteroatoms. The third-order valence-corrected chi connectivity index (χ3v) is 6.70. The van der Waals surface area contributed by atoms with Gasteiger partial charge in [0.25, 0.3) is 0 Å². The monoisotopic (exact) mass is 535 g/mol. The molecule has 1 unspecified atom stereocenters. The van der Waals surface area contributed by atoms with Crippen LogP contribution in [0.3, 0.4) is 0 Å². The summed E-state index contributed by atoms with van der Waals surface area (Å²) < 4.78 is 52.4. The minimum atomic E-state index is -4.61. The number of amides is 2. The van der Waals surface area contributed by atoms with Gasteiger partial charge in [-0.15, -0.1) is 0 Å². The maximum absolute atomic E-state index is 13.3. The highest BCUT2D eigenvalue weighted by molar-refractivity contribution is 8.15. The zero-order chi connectivity index (χ0) is 25.9. The summed E-state index contributed by atoms with van der Waals surface area (Å²) in [7, 11) is 0. The van der Waals surface area contributed by atoms with Crippen molar-refractivity contribution in [3.63, 3.8) is 0 Å². The van der Waals surface area contributed by atoms with E-state index in [1.807, 2.05) is 6.07 Å². The van der Waals surface area contributed by atoms with Gasteiger partial charge in [0.15, 0.2) is 5.17 Å². The number of aliphatic imine (C=N–C) groups is 1. The molecular formula is C25H18ClF4N3O2S. The van der Waals surface area contributed by atoms with Crippen molar-refractivity contribution >= 4 is 51.7 Å². The number of benzene rings is 3. The molecule has 3 aromatic carbocycles. The van der Waals surface area contributed by atoms with Crippen LogP contribution in [0, 0.1) is 5.82 Å². The van der Waals surface area contributed by atoms with Crippen LogP contribution in [0.1, 0.15) is 17.5 Å². The van der Waals surface area contributed by atoms with Crippen LogP contribution in [0.25, 0.3) is 0 Å². The van der Waals surface area contributed by atoms with Crippen LogP contribution in [0.4, 0.5) is 28.9 Å². The van der Waals surface area contributed by atoms with Crippen LogP contribution in [0.2, 0.25) is 5.02 Å². The van der Waals surface area contributed by atoms with Gasteiger partial charge < -0.3 is 5.32 Å². The smallest absolute Gasteiger partial charge is 0.325 e. The first-order valence-corrected chi connectivity index (χ1v) is 11.9. The highest BCUT2D eigenvalue weighted by atomic mass is 35.5. The minimum Gasteiger partial charge on any atom is -0.325 e. The lowest BCUT2D eigenvalue weighted by atomic mass is 10.1. The third-order valence-electron chi connectivity index (χ3n) is 5.19. The first-order chi connectivity index (χ1) is 17.1. The molecular weight excluding hydrogens is 518 g/mol. The normalized spacial score (nSPS) is 17.0. The Balaban J connectivity index is 1.54. The fourth-order valence-corrected chi connectivity index (χ4v) is 4.74. The molecule has 1 atom stereocenters. The topological polar surface area (TPSA) is 61.8 Å². The highest BCUT2D eigenvalue weighted by Gasteiger charge is 2.39. The van der Waals surface area contributed by atoms with Crippen molar-refractivity contribution in [1.82, 2.24) is 4.90 Å². The molecule has 1 fully saturated rings. The molecule has 0 saturated carbocycles. The van der Waals surface area contributed by atoms with E-state index in [1.54, 1.807) is 36.4 Å². The van der Waals surface area contributed by atoms with Crippen LogP contribution in [0.5, 0.6) is 0 Å². The van der Waals surface area contributed by atoms with Crippen molar-refractivity contribution in [2.75, 3.05) is 5.32 Å². The van der Waals surface area contributed by atoms with Crippen LogP contribution >= 0.6 is 23.4 Å². The Morgan fingerprint density at radius 1 is 1.06 bits per heavy atom. The minimum absolute atomic E-state index is 0.0639. The number of alkyl halides is 3. The summed E-state index contributed by atoms with van der Waals surface area (Å²) in [5.41, 5.74) is 0.0919. The van der Waals surface area contributed by atoms with Crippen molar-refractivity contribution in [2.45, 2.75) is 24.4 Å². The fraction of sp³-hybridized carbons (Fsp3) is 0.160. The van der Waals surface area contributed by atoms with E-state index in [0.29, 0.717) is 16.4 Å². The van der Waals surface area contributed by atoms with Gasteiger partial charge in [-0.1, -0.05) is 53.7 Å². The molecule has 1 N–H and O–H groups in total. The van der Waals surface area contributed by atoms with Gasteiger partial charge in [0.05, 0.1) is 28.5 Å². The number of amidine groups is 1. The number of carbonyl (C=O) groups excluding carboxylic acids is 2. The number of thioether (sulfide) groups is 1. The van der Waals surface area contributed by atoms with E-state index in [0.717, 1.165) is 30.0 Å². The van der Waals surface area contributed by atoms with Gasteiger partial charge in [0.1, 0.15) is 11.1 Å². The number of nitrogens with one attached hydrogen (secondary N) is 1. The second-order valence-electron chi connectivity index (χ2n) is 7.83. The average Bonchev–Trinajstić information content (AvgIpc) is 3.10. The van der Waals surface area contributed by atoms with Crippen LogP contribution < -0.4 is 5.32 Å². The molecule has 2 amide bonds. The molecule has 1 aliphatic heterocycles. The summed E-state index contributed by atoms with van der Waals surface area (Å²) in [5, 5.41) is 1.79. The Morgan fingerprint density at radius 3 is 2.42 bits per heavy atom. The van der Waals surface area contributed by atoms with Gasteiger partial charge in [-0.05, 0) is 48.0 Å². The van der Waals surface area contributed by atoms with Gasteiger partial charge >= 0.3 is 6.18 Å². The number of halogens is 5. The van der Waals surface area contributed by atoms with E-state index >= 15 is 0 Å². The Kier molecular flexibility index (Phi) is 7.65. The number of hydrogen-bond donors (Lipinski definition) is 1. The van der Waals surface area contributed by atoms with E-state index in [2.05, 4.69) is 10.3 Å². The van der Waals surface area contributed by atoms with Gasteiger partial charge in [-0.3, -0.25) is 14.5 Å². The highest BCUT2D eigenvalue weighted by Crippen LogP contribution is 2.35. The number of rotatable bonds is 6. The molecule has 5 nitrogen and oxygen atoms in total. The predicted octanol–water partition coefficient (Wildman–Crippen LogP) is 6.66. The zero-order valence-electron chi connectivity index (χ0n) is 18.4. The zero-order valence-corrected chi connectivity index (χ0v) is 20.0. The third kappa shape index (κ3) is 6.24. The maximum atomic E-state index is 13.3. The Bertz CT molecular complexity index is 1300. The van der Waals surface area contributed by atoms with Crippen molar-refractivity contribution < 1.29 is 27.2 Å². The molecule has 0 radical (unpaired) electrons. The lowest BCUT2D eigenvalue weighted by molar-refractivity contribution is -0.137. The van der Waals surface area contributed by atoms with E-state index in [9.17, 15) is 27.2 Å². The lowest BCUT2D eigenvalue weighted by Gasteiger charge is -2.17. The van der Waals surface area contributed by atoms with E-state index in [1.165, 1.54) is 17.0 Å². The van der Waals surface area contributed by atoms with Gasteiger partial charge in [0, 0.05) is 6.42 Å². The molecule has 1 aliphatic rings. The summed E-state index contributed by atoms with van der Waals surface area (Å²) in [6.45, 7) is 0.107. The van der Waals surface area contributed by atoms with E-state index in [-0.39, 0.29) is 23.7 Å². The van der Waals surface area contributed by atoms with Crippen molar-refractivity contribution in [3.8, 4) is 0 Å². The molecule has 0 bridgehead atoms. The molecule has 36 heavy (non-hydrogen) atoms. The number of anilines is 1. The van der Waals surface area contributed by atoms with Crippen molar-refractivity contribution in [3.05, 3.63) is 94.8 Å². The fourth-order valence-electron chi connectivity index (χ4n) is 3.42. The summed E-state index contributed by atoms with van der Waals surface area (Å²) >= 11 is 7.04. The SMILES string of the molecule is O=C(CC1SC(=Nc2ccccc2)N(Cc2ccc(F)cc2)C1=O)Nc1cc(C(F)(F)F)ccc1Cl. The largest absolute Gasteiger partial charge is 0.416 e. The van der Waals surface area contributed by atoms with E-state index in [4.69, 9.17) is 11.6 Å². The quantitative estimate of drug-likeness (QED) is 0.359. The van der Waals surface area contributed by atoms with Crippen molar-refractivity contribution in [1.29, 1.82) is 0 Å². The Morgan fingerprint density at radius 2 is 1.75 bits per heavy atom. The summed E-state index contributed by atoms with van der Waals surface area (Å²) in [6.07, 6.45) is -4.92.